The first-order valence-corrected chi connectivity index (χ1v) is 13.4. The molecule has 1 saturated carbocycles. The SMILES string of the molecule is Cc1ccc(SC(=O)c2cc(N(C)C)c3c(c2O)C(O)=C2C(=O)C4C(=N)C(C(N)=O)=C(O)C[C@@H]4C[C@@H]2C3)cc1. The van der Waals surface area contributed by atoms with Gasteiger partial charge in [-0.05, 0) is 67.1 Å². The lowest BCUT2D eigenvalue weighted by atomic mass is 9.61. The molecule has 0 bridgehead atoms. The van der Waals surface area contributed by atoms with Gasteiger partial charge in [0.25, 0.3) is 5.91 Å². The van der Waals surface area contributed by atoms with Crippen molar-refractivity contribution in [1.29, 1.82) is 5.41 Å². The molecule has 0 heterocycles. The summed E-state index contributed by atoms with van der Waals surface area (Å²) in [5.74, 6) is -4.55. The number of phenols is 1. The predicted molar refractivity (Wildman–Crippen MR) is 148 cm³/mol. The van der Waals surface area contributed by atoms with Crippen LogP contribution in [0.25, 0.3) is 5.76 Å². The van der Waals surface area contributed by atoms with Gasteiger partial charge in [-0.3, -0.25) is 14.4 Å². The van der Waals surface area contributed by atoms with Gasteiger partial charge in [0, 0.05) is 36.7 Å². The van der Waals surface area contributed by atoms with Crippen LogP contribution >= 0.6 is 11.8 Å². The molecular formula is C29H29N3O6S. The van der Waals surface area contributed by atoms with Crippen molar-refractivity contribution in [1.82, 2.24) is 0 Å². The van der Waals surface area contributed by atoms with Crippen LogP contribution in [0.15, 0.2) is 52.1 Å². The highest BCUT2D eigenvalue weighted by molar-refractivity contribution is 8.14. The van der Waals surface area contributed by atoms with Crippen LogP contribution in [0.1, 0.15) is 39.9 Å². The number of hydrogen-bond donors (Lipinski definition) is 5. The normalized spacial score (nSPS) is 22.3. The molecule has 3 aliphatic rings. The number of allylic oxidation sites excluding steroid dienone is 2. The van der Waals surface area contributed by atoms with Crippen LogP contribution in [0.4, 0.5) is 5.69 Å². The van der Waals surface area contributed by atoms with E-state index in [4.69, 9.17) is 11.1 Å². The summed E-state index contributed by atoms with van der Waals surface area (Å²) < 4.78 is 0. The minimum absolute atomic E-state index is 0.00374. The third kappa shape index (κ3) is 4.28. The van der Waals surface area contributed by atoms with Gasteiger partial charge in [-0.2, -0.15) is 0 Å². The number of ketones is 1. The van der Waals surface area contributed by atoms with Crippen molar-refractivity contribution in [3.8, 4) is 5.75 Å². The van der Waals surface area contributed by atoms with Crippen LogP contribution in [-0.2, 0) is 16.0 Å². The van der Waals surface area contributed by atoms with Gasteiger partial charge in [0.15, 0.2) is 5.78 Å². The average molecular weight is 548 g/mol. The Hall–Kier alpha value is -4.05. The summed E-state index contributed by atoms with van der Waals surface area (Å²) in [5.41, 5.74) is 7.03. The Balaban J connectivity index is 1.61. The highest BCUT2D eigenvalue weighted by atomic mass is 32.2. The quantitative estimate of drug-likeness (QED) is 0.357. The number of hydrogen-bond acceptors (Lipinski definition) is 9. The molecule has 0 saturated heterocycles. The maximum absolute atomic E-state index is 13.7. The zero-order valence-corrected chi connectivity index (χ0v) is 22.6. The number of nitrogens with zero attached hydrogens (tertiary/aromatic N) is 1. The number of fused-ring (bicyclic) bond motifs is 3. The summed E-state index contributed by atoms with van der Waals surface area (Å²) in [6, 6.07) is 8.99. The van der Waals surface area contributed by atoms with Gasteiger partial charge in [0.1, 0.15) is 17.3 Å². The van der Waals surface area contributed by atoms with Gasteiger partial charge in [-0.15, -0.1) is 0 Å². The zero-order valence-electron chi connectivity index (χ0n) is 21.7. The number of carbonyl (C=O) groups is 3. The van der Waals surface area contributed by atoms with Crippen LogP contribution in [0.5, 0.6) is 5.75 Å². The number of Topliss-reactive ketones (excluding diaryl/α,β-unsaturated/α-hetero) is 1. The third-order valence-electron chi connectivity index (χ3n) is 7.85. The van der Waals surface area contributed by atoms with Crippen LogP contribution in [0, 0.1) is 30.1 Å². The van der Waals surface area contributed by atoms with Crippen molar-refractivity contribution in [3.63, 3.8) is 0 Å². The Morgan fingerprint density at radius 2 is 1.77 bits per heavy atom. The lowest BCUT2D eigenvalue weighted by molar-refractivity contribution is -0.121. The van der Waals surface area contributed by atoms with E-state index < -0.39 is 46.1 Å². The largest absolute Gasteiger partial charge is 0.511 e. The molecule has 0 radical (unpaired) electrons. The van der Waals surface area contributed by atoms with Gasteiger partial charge in [-0.1, -0.05) is 17.7 Å². The van der Waals surface area contributed by atoms with Crippen LogP contribution < -0.4 is 10.6 Å². The summed E-state index contributed by atoms with van der Waals surface area (Å²) in [6.07, 6.45) is 0.722. The van der Waals surface area contributed by atoms with E-state index in [0.717, 1.165) is 17.3 Å². The molecule has 3 aliphatic carbocycles. The molecule has 39 heavy (non-hydrogen) atoms. The van der Waals surface area contributed by atoms with Gasteiger partial charge in [-0.25, -0.2) is 0 Å². The fourth-order valence-electron chi connectivity index (χ4n) is 6.07. The molecule has 2 aromatic rings. The summed E-state index contributed by atoms with van der Waals surface area (Å²) in [4.78, 5) is 41.4. The molecule has 5 rings (SSSR count). The molecule has 10 heteroatoms. The lowest BCUT2D eigenvalue weighted by Gasteiger charge is -2.42. The number of nitrogens with two attached hydrogens (primary N) is 1. The number of amides is 1. The number of aryl methyl sites for hydroxylation is 1. The summed E-state index contributed by atoms with van der Waals surface area (Å²) in [7, 11) is 3.59. The first-order chi connectivity index (χ1) is 18.4. The monoisotopic (exact) mass is 547 g/mol. The Labute approximate surface area is 229 Å². The first kappa shape index (κ1) is 26.6. The summed E-state index contributed by atoms with van der Waals surface area (Å²) in [6.45, 7) is 1.94. The molecule has 0 spiro atoms. The van der Waals surface area contributed by atoms with E-state index in [9.17, 15) is 29.7 Å². The van der Waals surface area contributed by atoms with E-state index in [1.165, 1.54) is 0 Å². The van der Waals surface area contributed by atoms with E-state index >= 15 is 0 Å². The number of carbonyl (C=O) groups excluding carboxylic acids is 3. The van der Waals surface area contributed by atoms with Crippen molar-refractivity contribution in [2.45, 2.75) is 31.1 Å². The molecule has 3 atom stereocenters. The van der Waals surface area contributed by atoms with E-state index in [-0.39, 0.29) is 40.2 Å². The van der Waals surface area contributed by atoms with Crippen LogP contribution in [0.3, 0.4) is 0 Å². The number of aliphatic hydroxyl groups is 2. The third-order valence-corrected chi connectivity index (χ3v) is 8.76. The van der Waals surface area contributed by atoms with Crippen molar-refractivity contribution in [3.05, 3.63) is 69.5 Å². The fourth-order valence-corrected chi connectivity index (χ4v) is 6.82. The highest BCUT2D eigenvalue weighted by Crippen LogP contribution is 2.52. The second kappa shape index (κ2) is 9.60. The molecule has 1 unspecified atom stereocenters. The average Bonchev–Trinajstić information content (AvgIpc) is 2.84. The zero-order chi connectivity index (χ0) is 28.3. The maximum Gasteiger partial charge on any atom is 0.253 e. The lowest BCUT2D eigenvalue weighted by Crippen LogP contribution is -2.46. The standard InChI is InChI=1S/C29H29N3O6S/c1-12-4-6-15(7-5-12)39-29(38)17-11-18(32(2)3)16-9-13-8-14-10-19(33)23(28(31)37)24(30)20(14)26(35)21(13)27(36)22(16)25(17)34/h4-7,11,13-14,20,30,33-34,36H,8-10H2,1-3H3,(H2,31,37)/t13-,14+,20?/m1/s1. The number of phenolic OH excluding ortho intramolecular Hbond substituents is 1. The van der Waals surface area contributed by atoms with Crippen LogP contribution in [0.2, 0.25) is 0 Å². The first-order valence-electron chi connectivity index (χ1n) is 12.5. The molecular weight excluding hydrogens is 518 g/mol. The number of aromatic hydroxyl groups is 1. The molecule has 1 fully saturated rings. The van der Waals surface area contributed by atoms with Crippen LogP contribution in [-0.4, -0.2) is 51.9 Å². The van der Waals surface area contributed by atoms with E-state index in [2.05, 4.69) is 0 Å². The van der Waals surface area contributed by atoms with E-state index in [1.807, 2.05) is 31.2 Å². The number of thioether (sulfide) groups is 1. The Bertz CT molecular complexity index is 1520. The number of nitrogens with one attached hydrogen (secondary N) is 1. The molecule has 0 aromatic heterocycles. The molecule has 9 nitrogen and oxygen atoms in total. The number of primary amides is 1. The highest BCUT2D eigenvalue weighted by Gasteiger charge is 2.50. The smallest absolute Gasteiger partial charge is 0.253 e. The number of aliphatic hydroxyl groups excluding tert-OH is 2. The summed E-state index contributed by atoms with van der Waals surface area (Å²) in [5, 5.41) is 41.2. The number of anilines is 1. The number of rotatable bonds is 4. The topological polar surface area (TPSA) is 165 Å². The second-order valence-electron chi connectivity index (χ2n) is 10.5. The minimum atomic E-state index is -1.05. The summed E-state index contributed by atoms with van der Waals surface area (Å²) >= 11 is 0.951. The van der Waals surface area contributed by atoms with E-state index in [1.54, 1.807) is 25.1 Å². The minimum Gasteiger partial charge on any atom is -0.511 e. The molecule has 1 amide bonds. The Morgan fingerprint density at radius 1 is 1.10 bits per heavy atom. The fraction of sp³-hybridized carbons (Fsp3) is 0.310. The van der Waals surface area contributed by atoms with Crippen molar-refractivity contribution in [2.24, 2.45) is 23.5 Å². The second-order valence-corrected chi connectivity index (χ2v) is 11.6. The predicted octanol–water partition coefficient (Wildman–Crippen LogP) is 4.07. The van der Waals surface area contributed by atoms with Gasteiger partial charge in [0.2, 0.25) is 5.12 Å². The molecule has 6 N–H and O–H groups in total. The Kier molecular flexibility index (Phi) is 6.54. The van der Waals surface area contributed by atoms with Gasteiger partial charge in [0.05, 0.1) is 28.3 Å². The van der Waals surface area contributed by atoms with Gasteiger partial charge < -0.3 is 31.4 Å². The van der Waals surface area contributed by atoms with E-state index in [0.29, 0.717) is 29.0 Å². The molecule has 202 valence electrons. The van der Waals surface area contributed by atoms with Crippen molar-refractivity contribution in [2.75, 3.05) is 19.0 Å². The Morgan fingerprint density at radius 3 is 2.38 bits per heavy atom. The maximum atomic E-state index is 13.7. The molecule has 2 aromatic carbocycles. The number of benzene rings is 2. The van der Waals surface area contributed by atoms with Crippen molar-refractivity contribution < 1.29 is 29.7 Å². The van der Waals surface area contributed by atoms with Gasteiger partial charge >= 0.3 is 0 Å². The van der Waals surface area contributed by atoms with Crippen molar-refractivity contribution >= 4 is 45.7 Å². The molecule has 0 aliphatic heterocycles.